The van der Waals surface area contributed by atoms with Gasteiger partial charge in [-0.1, -0.05) is 0 Å². The van der Waals surface area contributed by atoms with E-state index in [-0.39, 0.29) is 11.3 Å². The Balaban J connectivity index is 3.35. The molecule has 0 radical (unpaired) electrons. The molecule has 70 valence electrons. The largest absolute Gasteiger partial charge is 0.478 e. The maximum absolute atomic E-state index is 10.7. The van der Waals surface area contributed by atoms with Gasteiger partial charge in [-0.2, -0.15) is 0 Å². The number of aromatic carboxylic acids is 1. The van der Waals surface area contributed by atoms with E-state index in [4.69, 9.17) is 10.8 Å². The Morgan fingerprint density at radius 3 is 2.77 bits per heavy atom. The predicted molar refractivity (Wildman–Crippen MR) is 49.9 cm³/mol. The van der Waals surface area contributed by atoms with Gasteiger partial charge in [-0.3, -0.25) is 0 Å². The summed E-state index contributed by atoms with van der Waals surface area (Å²) < 4.78 is 0. The second-order valence-corrected chi connectivity index (χ2v) is 2.63. The van der Waals surface area contributed by atoms with Crippen LogP contribution in [0, 0.1) is 6.92 Å². The molecule has 0 unspecified atom stereocenters. The smallest absolute Gasteiger partial charge is 0.338 e. The first-order chi connectivity index (χ1) is 6.06. The number of nitrogen functional groups attached to an aromatic ring is 1. The van der Waals surface area contributed by atoms with Gasteiger partial charge in [-0.15, -0.1) is 0 Å². The molecule has 0 spiro atoms. The first-order valence-corrected chi connectivity index (χ1v) is 3.74. The molecule has 5 nitrogen and oxygen atoms in total. The molecular formula is C8H11N3O2. The summed E-state index contributed by atoms with van der Waals surface area (Å²) in [5.74, 6) is -0.642. The lowest BCUT2D eigenvalue weighted by Gasteiger charge is -2.07. The zero-order valence-corrected chi connectivity index (χ0v) is 7.46. The summed E-state index contributed by atoms with van der Waals surface area (Å²) in [6.07, 6.45) is 0. The van der Waals surface area contributed by atoms with Gasteiger partial charge in [-0.25, -0.2) is 9.78 Å². The number of nitrogens with one attached hydrogen (secondary N) is 1. The summed E-state index contributed by atoms with van der Waals surface area (Å²) in [7, 11) is 1.64. The van der Waals surface area contributed by atoms with Gasteiger partial charge >= 0.3 is 5.97 Å². The van der Waals surface area contributed by atoms with E-state index in [0.717, 1.165) is 0 Å². The highest BCUT2D eigenvalue weighted by Gasteiger charge is 2.12. The number of rotatable bonds is 2. The number of hydrogen-bond donors (Lipinski definition) is 3. The zero-order valence-electron chi connectivity index (χ0n) is 7.46. The maximum atomic E-state index is 10.7. The molecule has 0 bridgehead atoms. The van der Waals surface area contributed by atoms with Crippen molar-refractivity contribution in [2.45, 2.75) is 6.92 Å². The molecule has 4 N–H and O–H groups in total. The van der Waals surface area contributed by atoms with Crippen LogP contribution in [0.1, 0.15) is 16.1 Å². The van der Waals surface area contributed by atoms with Crippen molar-refractivity contribution in [3.8, 4) is 0 Å². The van der Waals surface area contributed by atoms with Crippen molar-refractivity contribution in [2.75, 3.05) is 18.1 Å². The van der Waals surface area contributed by atoms with E-state index >= 15 is 0 Å². The fourth-order valence-electron chi connectivity index (χ4n) is 1.05. The number of hydrogen-bond acceptors (Lipinski definition) is 4. The van der Waals surface area contributed by atoms with E-state index in [2.05, 4.69) is 10.3 Å². The van der Waals surface area contributed by atoms with Crippen LogP contribution in [0.3, 0.4) is 0 Å². The highest BCUT2D eigenvalue weighted by molar-refractivity contribution is 5.96. The minimum absolute atomic E-state index is 0.0804. The van der Waals surface area contributed by atoms with Crippen LogP contribution in [-0.2, 0) is 0 Å². The summed E-state index contributed by atoms with van der Waals surface area (Å²) in [4.78, 5) is 14.7. The van der Waals surface area contributed by atoms with E-state index in [0.29, 0.717) is 11.5 Å². The second-order valence-electron chi connectivity index (χ2n) is 2.63. The fourth-order valence-corrected chi connectivity index (χ4v) is 1.05. The van der Waals surface area contributed by atoms with Crippen molar-refractivity contribution in [3.05, 3.63) is 17.3 Å². The lowest BCUT2D eigenvalue weighted by Crippen LogP contribution is -2.08. The molecule has 0 aliphatic carbocycles. The molecule has 0 aliphatic rings. The molecule has 0 amide bonds. The standard InChI is InChI=1S/C8H11N3O2/c1-4-3-5(8(12)13)6(9)7(10-2)11-4/h3H,9H2,1-2H3,(H,10,11)(H,12,13). The molecule has 0 saturated heterocycles. The topological polar surface area (TPSA) is 88.2 Å². The normalized spacial score (nSPS) is 9.69. The molecule has 0 saturated carbocycles. The highest BCUT2D eigenvalue weighted by Crippen LogP contribution is 2.20. The van der Waals surface area contributed by atoms with E-state index < -0.39 is 5.97 Å². The van der Waals surface area contributed by atoms with Crippen molar-refractivity contribution >= 4 is 17.5 Å². The average molecular weight is 181 g/mol. The number of pyridine rings is 1. The summed E-state index contributed by atoms with van der Waals surface area (Å²) in [6, 6.07) is 1.44. The molecule has 1 aromatic rings. The van der Waals surface area contributed by atoms with E-state index in [1.807, 2.05) is 0 Å². The molecule has 0 aromatic carbocycles. The van der Waals surface area contributed by atoms with Crippen LogP contribution in [0.15, 0.2) is 6.07 Å². The summed E-state index contributed by atoms with van der Waals surface area (Å²) in [5, 5.41) is 11.5. The molecule has 1 rings (SSSR count). The molecule has 13 heavy (non-hydrogen) atoms. The molecule has 0 aliphatic heterocycles. The number of nitrogens with zero attached hydrogens (tertiary/aromatic N) is 1. The third-order valence-electron chi connectivity index (χ3n) is 1.65. The summed E-state index contributed by atoms with van der Waals surface area (Å²) in [5.41, 5.74) is 6.43. The molecule has 1 aromatic heterocycles. The number of carbonyl (C=O) groups is 1. The van der Waals surface area contributed by atoms with Crippen molar-refractivity contribution in [1.29, 1.82) is 0 Å². The highest BCUT2D eigenvalue weighted by atomic mass is 16.4. The van der Waals surface area contributed by atoms with Gasteiger partial charge in [0, 0.05) is 12.7 Å². The lowest BCUT2D eigenvalue weighted by molar-refractivity contribution is 0.0698. The van der Waals surface area contributed by atoms with E-state index in [1.165, 1.54) is 6.07 Å². The fraction of sp³-hybridized carbons (Fsp3) is 0.250. The average Bonchev–Trinajstić information content (AvgIpc) is 2.08. The minimum atomic E-state index is -1.04. The second kappa shape index (κ2) is 3.30. The van der Waals surface area contributed by atoms with Gasteiger partial charge < -0.3 is 16.2 Å². The molecule has 0 fully saturated rings. The predicted octanol–water partition coefficient (Wildman–Crippen LogP) is 0.712. The van der Waals surface area contributed by atoms with Crippen LogP contribution in [-0.4, -0.2) is 23.1 Å². The Hall–Kier alpha value is -1.78. The molecule has 5 heteroatoms. The van der Waals surface area contributed by atoms with Crippen molar-refractivity contribution < 1.29 is 9.90 Å². The number of anilines is 2. The van der Waals surface area contributed by atoms with Crippen LogP contribution in [0.25, 0.3) is 0 Å². The van der Waals surface area contributed by atoms with Gasteiger partial charge in [0.1, 0.15) is 5.82 Å². The van der Waals surface area contributed by atoms with Crippen molar-refractivity contribution in [3.63, 3.8) is 0 Å². The first-order valence-electron chi connectivity index (χ1n) is 3.74. The van der Waals surface area contributed by atoms with Crippen molar-refractivity contribution in [2.24, 2.45) is 0 Å². The van der Waals surface area contributed by atoms with Crippen molar-refractivity contribution in [1.82, 2.24) is 4.98 Å². The third-order valence-corrected chi connectivity index (χ3v) is 1.65. The van der Waals surface area contributed by atoms with Gasteiger partial charge in [0.05, 0.1) is 11.3 Å². The van der Waals surface area contributed by atoms with Crippen LogP contribution >= 0.6 is 0 Å². The molecular weight excluding hydrogens is 170 g/mol. The Labute approximate surface area is 75.6 Å². The number of carboxylic acids is 1. The Bertz CT molecular complexity index is 349. The Kier molecular flexibility index (Phi) is 2.36. The quantitative estimate of drug-likeness (QED) is 0.625. The van der Waals surface area contributed by atoms with Crippen LogP contribution in [0.5, 0.6) is 0 Å². The number of aryl methyl sites for hydroxylation is 1. The zero-order chi connectivity index (χ0) is 10.0. The van der Waals surface area contributed by atoms with E-state index in [9.17, 15) is 4.79 Å². The van der Waals surface area contributed by atoms with Crippen LogP contribution in [0.2, 0.25) is 0 Å². The van der Waals surface area contributed by atoms with Crippen LogP contribution < -0.4 is 11.1 Å². The van der Waals surface area contributed by atoms with Gasteiger partial charge in [-0.05, 0) is 13.0 Å². The monoisotopic (exact) mass is 181 g/mol. The van der Waals surface area contributed by atoms with Crippen LogP contribution in [0.4, 0.5) is 11.5 Å². The SMILES string of the molecule is CNc1nc(C)cc(C(=O)O)c1N. The van der Waals surface area contributed by atoms with Gasteiger partial charge in [0.25, 0.3) is 0 Å². The Morgan fingerprint density at radius 2 is 2.31 bits per heavy atom. The number of nitrogens with two attached hydrogens (primary N) is 1. The molecule has 0 atom stereocenters. The maximum Gasteiger partial charge on any atom is 0.338 e. The molecule has 1 heterocycles. The third kappa shape index (κ3) is 1.69. The number of aromatic nitrogens is 1. The first kappa shape index (κ1) is 9.31. The van der Waals surface area contributed by atoms with E-state index in [1.54, 1.807) is 14.0 Å². The Morgan fingerprint density at radius 1 is 1.69 bits per heavy atom. The number of carboxylic acid groups (broad SMARTS) is 1. The minimum Gasteiger partial charge on any atom is -0.478 e. The summed E-state index contributed by atoms with van der Waals surface area (Å²) >= 11 is 0. The summed E-state index contributed by atoms with van der Waals surface area (Å²) in [6.45, 7) is 1.72. The van der Waals surface area contributed by atoms with Gasteiger partial charge in [0.2, 0.25) is 0 Å². The van der Waals surface area contributed by atoms with Gasteiger partial charge in [0.15, 0.2) is 0 Å². The lowest BCUT2D eigenvalue weighted by atomic mass is 10.2.